The van der Waals surface area contributed by atoms with Gasteiger partial charge in [0, 0.05) is 11.8 Å². The van der Waals surface area contributed by atoms with Crippen LogP contribution >= 0.6 is 12.2 Å². The number of Topliss-reactive ketones (excluding diaryl/α,β-unsaturated/α-hetero) is 1. The first kappa shape index (κ1) is 19.9. The molecule has 0 spiro atoms. The van der Waals surface area contributed by atoms with Crippen LogP contribution in [0.25, 0.3) is 17.4 Å². The number of rotatable bonds is 5. The Morgan fingerprint density at radius 2 is 1.86 bits per heavy atom. The van der Waals surface area contributed by atoms with Gasteiger partial charge in [-0.3, -0.25) is 9.59 Å². The number of carbonyl (C=O) groups is 2. The zero-order valence-electron chi connectivity index (χ0n) is 15.0. The van der Waals surface area contributed by atoms with Gasteiger partial charge in [0.1, 0.15) is 11.5 Å². The van der Waals surface area contributed by atoms with E-state index < -0.39 is 21.7 Å². The van der Waals surface area contributed by atoms with Crippen molar-refractivity contribution < 1.29 is 22.4 Å². The number of sulfone groups is 1. The second-order valence-electron chi connectivity index (χ2n) is 6.32. The van der Waals surface area contributed by atoms with Crippen molar-refractivity contribution in [1.82, 2.24) is 5.32 Å². The third kappa shape index (κ3) is 4.02. The summed E-state index contributed by atoms with van der Waals surface area (Å²) in [6.07, 6.45) is 4.43. The summed E-state index contributed by atoms with van der Waals surface area (Å²) in [5, 5.41) is 2.53. The van der Waals surface area contributed by atoms with Crippen molar-refractivity contribution in [1.29, 1.82) is 0 Å². The lowest BCUT2D eigenvalue weighted by Gasteiger charge is -2.23. The number of benzene rings is 1. The van der Waals surface area contributed by atoms with Crippen LogP contribution in [0.15, 0.2) is 63.9 Å². The quantitative estimate of drug-likeness (QED) is 0.349. The molecule has 1 fully saturated rings. The van der Waals surface area contributed by atoms with Crippen LogP contribution in [0.1, 0.15) is 12.2 Å². The number of thiocarbonyl (C=S) groups is 1. The van der Waals surface area contributed by atoms with Crippen LogP contribution in [0.4, 0.5) is 0 Å². The summed E-state index contributed by atoms with van der Waals surface area (Å²) in [4.78, 5) is 25.2. The smallest absolute Gasteiger partial charge is 0.259 e. The largest absolute Gasteiger partial charge is 0.457 e. The molecule has 0 bridgehead atoms. The number of hydrogen-bond acceptors (Lipinski definition) is 6. The molecule has 1 atom stereocenters. The van der Waals surface area contributed by atoms with E-state index in [1.54, 1.807) is 30.3 Å². The number of piperidine rings is 1. The standard InChI is InChI=1S/C20H17NO5S2/c1-3-4-15-18(22)16(19(23)21-20(15)27)11-13-7-10-17(26-13)12-5-8-14(9-6-12)28(2,24)25/h3,5-11,15H,1,4H2,2H3,(H,21,23,27). The van der Waals surface area contributed by atoms with Gasteiger partial charge in [0.25, 0.3) is 5.91 Å². The van der Waals surface area contributed by atoms with Crippen molar-refractivity contribution in [3.8, 4) is 11.3 Å². The van der Waals surface area contributed by atoms with Gasteiger partial charge in [-0.1, -0.05) is 18.3 Å². The Labute approximate surface area is 167 Å². The van der Waals surface area contributed by atoms with E-state index in [9.17, 15) is 18.0 Å². The van der Waals surface area contributed by atoms with Crippen molar-refractivity contribution in [3.63, 3.8) is 0 Å². The molecule has 1 unspecified atom stereocenters. The van der Waals surface area contributed by atoms with E-state index in [4.69, 9.17) is 16.6 Å². The minimum Gasteiger partial charge on any atom is -0.457 e. The SMILES string of the molecule is C=CCC1C(=O)C(=Cc2ccc(-c3ccc(S(C)(=O)=O)cc3)o2)C(=O)NC1=S. The number of hydrogen-bond donors (Lipinski definition) is 1. The molecule has 1 aromatic carbocycles. The lowest BCUT2D eigenvalue weighted by molar-refractivity contribution is -0.124. The van der Waals surface area contributed by atoms with Gasteiger partial charge in [-0.25, -0.2) is 8.42 Å². The van der Waals surface area contributed by atoms with E-state index in [-0.39, 0.29) is 21.2 Å². The Morgan fingerprint density at radius 3 is 2.46 bits per heavy atom. The van der Waals surface area contributed by atoms with Gasteiger partial charge in [-0.15, -0.1) is 6.58 Å². The van der Waals surface area contributed by atoms with Crippen LogP contribution in [0.3, 0.4) is 0 Å². The Kier molecular flexibility index (Phi) is 5.44. The van der Waals surface area contributed by atoms with E-state index in [0.717, 1.165) is 6.26 Å². The van der Waals surface area contributed by atoms with Gasteiger partial charge < -0.3 is 9.73 Å². The van der Waals surface area contributed by atoms with Crippen LogP contribution < -0.4 is 5.32 Å². The summed E-state index contributed by atoms with van der Waals surface area (Å²) in [5.41, 5.74) is 0.635. The van der Waals surface area contributed by atoms with Crippen molar-refractivity contribution in [2.24, 2.45) is 5.92 Å². The average Bonchev–Trinajstić information content (AvgIpc) is 3.10. The number of nitrogens with one attached hydrogen (secondary N) is 1. The monoisotopic (exact) mass is 415 g/mol. The van der Waals surface area contributed by atoms with Crippen LogP contribution in [0.2, 0.25) is 0 Å². The fourth-order valence-corrected chi connectivity index (χ4v) is 3.72. The van der Waals surface area contributed by atoms with Crippen molar-refractivity contribution in [2.45, 2.75) is 11.3 Å². The maximum absolute atomic E-state index is 12.6. The summed E-state index contributed by atoms with van der Waals surface area (Å²) in [6.45, 7) is 3.61. The topological polar surface area (TPSA) is 93.4 Å². The fraction of sp³-hybridized carbons (Fsp3) is 0.150. The molecule has 1 saturated heterocycles. The van der Waals surface area contributed by atoms with E-state index in [0.29, 0.717) is 23.5 Å². The summed E-state index contributed by atoms with van der Waals surface area (Å²) in [6, 6.07) is 9.54. The van der Waals surface area contributed by atoms with Crippen LogP contribution in [-0.4, -0.2) is 31.4 Å². The van der Waals surface area contributed by atoms with E-state index >= 15 is 0 Å². The Bertz CT molecular complexity index is 1110. The predicted molar refractivity (Wildman–Crippen MR) is 109 cm³/mol. The minimum absolute atomic E-state index is 0.0335. The number of ketones is 1. The van der Waals surface area contributed by atoms with Gasteiger partial charge in [0.2, 0.25) is 0 Å². The first-order valence-electron chi connectivity index (χ1n) is 8.33. The molecule has 2 heterocycles. The highest BCUT2D eigenvalue weighted by Gasteiger charge is 2.35. The second-order valence-corrected chi connectivity index (χ2v) is 8.77. The molecule has 0 saturated carbocycles. The van der Waals surface area contributed by atoms with E-state index in [1.165, 1.54) is 18.2 Å². The number of allylic oxidation sites excluding steroid dienone is 1. The van der Waals surface area contributed by atoms with Crippen LogP contribution in [0, 0.1) is 5.92 Å². The average molecular weight is 415 g/mol. The van der Waals surface area contributed by atoms with Gasteiger partial charge in [0.15, 0.2) is 15.6 Å². The molecule has 8 heteroatoms. The molecule has 0 aliphatic carbocycles. The van der Waals surface area contributed by atoms with Crippen molar-refractivity contribution in [2.75, 3.05) is 6.26 Å². The van der Waals surface area contributed by atoms with E-state index in [1.807, 2.05) is 0 Å². The van der Waals surface area contributed by atoms with Gasteiger partial charge in [-0.2, -0.15) is 0 Å². The zero-order valence-corrected chi connectivity index (χ0v) is 16.6. The lowest BCUT2D eigenvalue weighted by Crippen LogP contribution is -2.46. The normalized spacial score (nSPS) is 19.0. The number of amides is 1. The van der Waals surface area contributed by atoms with Crippen LogP contribution in [0.5, 0.6) is 0 Å². The molecule has 1 aliphatic rings. The third-order valence-corrected chi connectivity index (χ3v) is 5.78. The molecule has 3 rings (SSSR count). The molecule has 144 valence electrons. The Hall–Kier alpha value is -2.84. The van der Waals surface area contributed by atoms with Gasteiger partial charge in [-0.05, 0) is 48.9 Å². The minimum atomic E-state index is -3.28. The molecular weight excluding hydrogens is 398 g/mol. The number of furan rings is 1. The second kappa shape index (κ2) is 7.65. The maximum Gasteiger partial charge on any atom is 0.259 e. The maximum atomic E-state index is 12.6. The van der Waals surface area contributed by atoms with Gasteiger partial charge >= 0.3 is 0 Å². The van der Waals surface area contributed by atoms with Crippen molar-refractivity contribution in [3.05, 3.63) is 60.4 Å². The molecular formula is C20H17NO5S2. The fourth-order valence-electron chi connectivity index (χ4n) is 2.80. The highest BCUT2D eigenvalue weighted by molar-refractivity contribution is 7.90. The summed E-state index contributed by atoms with van der Waals surface area (Å²) < 4.78 is 28.8. The molecule has 1 aliphatic heterocycles. The zero-order chi connectivity index (χ0) is 20.5. The Balaban J connectivity index is 1.89. The molecule has 0 radical (unpaired) electrons. The van der Waals surface area contributed by atoms with Crippen molar-refractivity contribution >= 4 is 44.8 Å². The van der Waals surface area contributed by atoms with Gasteiger partial charge in [0.05, 0.1) is 21.4 Å². The molecule has 1 amide bonds. The summed E-state index contributed by atoms with van der Waals surface area (Å²) >= 11 is 5.07. The Morgan fingerprint density at radius 1 is 1.18 bits per heavy atom. The summed E-state index contributed by atoms with van der Waals surface area (Å²) in [7, 11) is -3.28. The third-order valence-electron chi connectivity index (χ3n) is 4.26. The molecule has 1 aromatic heterocycles. The highest BCUT2D eigenvalue weighted by atomic mass is 32.2. The molecule has 28 heavy (non-hydrogen) atoms. The van der Waals surface area contributed by atoms with E-state index in [2.05, 4.69) is 11.9 Å². The highest BCUT2D eigenvalue weighted by Crippen LogP contribution is 2.26. The first-order valence-corrected chi connectivity index (χ1v) is 10.6. The molecule has 6 nitrogen and oxygen atoms in total. The predicted octanol–water partition coefficient (Wildman–Crippen LogP) is 2.95. The molecule has 1 N–H and O–H groups in total. The summed E-state index contributed by atoms with van der Waals surface area (Å²) in [5.74, 6) is -0.746. The first-order chi connectivity index (χ1) is 13.2. The van der Waals surface area contributed by atoms with Crippen LogP contribution in [-0.2, 0) is 19.4 Å². The number of carbonyl (C=O) groups excluding carboxylic acids is 2. The molecule has 2 aromatic rings. The lowest BCUT2D eigenvalue weighted by atomic mass is 9.90.